The molecule has 0 rings (SSSR count). The first-order valence-electron chi connectivity index (χ1n) is 12.4. The summed E-state index contributed by atoms with van der Waals surface area (Å²) in [6.07, 6.45) is -20.8. The van der Waals surface area contributed by atoms with E-state index in [4.69, 9.17) is 5.11 Å². The van der Waals surface area contributed by atoms with Gasteiger partial charge in [-0.2, -0.15) is 114 Å². The van der Waals surface area contributed by atoms with Crippen molar-refractivity contribution < 1.29 is 134 Å². The summed E-state index contributed by atoms with van der Waals surface area (Å²) in [4.78, 5) is 20.8. The number of ether oxygens (including phenoxy) is 1. The summed E-state index contributed by atoms with van der Waals surface area (Å²) in [6.45, 7) is 1.70. The summed E-state index contributed by atoms with van der Waals surface area (Å²) >= 11 is 0. The first-order chi connectivity index (χ1) is 22.8. The molecule has 0 atom stereocenters. The molecule has 1 N–H and O–H groups in total. The average molecular weight is 850 g/mol. The van der Waals surface area contributed by atoms with Gasteiger partial charge in [0, 0.05) is 18.1 Å². The highest BCUT2D eigenvalue weighted by molar-refractivity contribution is 5.85. The molecule has 0 aliphatic rings. The lowest BCUT2D eigenvalue weighted by Gasteiger charge is -2.39. The van der Waals surface area contributed by atoms with Crippen molar-refractivity contribution in [3.63, 3.8) is 0 Å². The molecule has 0 saturated heterocycles. The Morgan fingerprint density at radius 1 is 0.509 bits per heavy atom. The maximum atomic E-state index is 13.3. The fourth-order valence-electron chi connectivity index (χ4n) is 2.81. The number of alkyl halides is 26. The molecule has 0 aliphatic heterocycles. The van der Waals surface area contributed by atoms with E-state index in [1.54, 1.807) is 0 Å². The monoisotopic (exact) mass is 850 g/mol. The zero-order valence-corrected chi connectivity index (χ0v) is 24.7. The normalized spacial score (nSPS) is 15.4. The first-order valence-corrected chi connectivity index (χ1v) is 12.4. The predicted molar refractivity (Wildman–Crippen MR) is 118 cm³/mol. The smallest absolute Gasteiger partial charge is 0.460 e. The van der Waals surface area contributed by atoms with Gasteiger partial charge in [0.05, 0.1) is 13.0 Å². The third-order valence-corrected chi connectivity index (χ3v) is 6.07. The summed E-state index contributed by atoms with van der Waals surface area (Å²) < 4.78 is 335. The van der Waals surface area contributed by atoms with Crippen LogP contribution in [0, 0.1) is 0 Å². The van der Waals surface area contributed by atoms with Crippen LogP contribution < -0.4 is 0 Å². The van der Waals surface area contributed by atoms with Crippen LogP contribution >= 0.6 is 0 Å². The van der Waals surface area contributed by atoms with E-state index in [9.17, 15) is 124 Å². The van der Waals surface area contributed by atoms with E-state index >= 15 is 0 Å². The van der Waals surface area contributed by atoms with Crippen LogP contribution in [0.25, 0.3) is 0 Å². The van der Waals surface area contributed by atoms with Crippen LogP contribution in [0.2, 0.25) is 0 Å². The molecule has 30 heteroatoms. The van der Waals surface area contributed by atoms with Gasteiger partial charge in [-0.1, -0.05) is 12.7 Å². The Bertz CT molecular complexity index is 1320. The van der Waals surface area contributed by atoms with Crippen LogP contribution in [-0.4, -0.2) is 95.2 Å². The van der Waals surface area contributed by atoms with E-state index < -0.39 is 115 Å². The van der Waals surface area contributed by atoms with Gasteiger partial charge in [-0.05, 0) is 13.3 Å². The molecule has 0 aromatic rings. The second-order valence-corrected chi connectivity index (χ2v) is 9.85. The molecule has 0 aromatic carbocycles. The van der Waals surface area contributed by atoms with Crippen LogP contribution in [0.3, 0.4) is 0 Å². The second kappa shape index (κ2) is 15.4. The Kier molecular flexibility index (Phi) is 15.0. The minimum Gasteiger partial charge on any atom is -0.478 e. The van der Waals surface area contributed by atoms with Crippen molar-refractivity contribution >= 4 is 11.9 Å². The number of aliphatic carboxylic acids is 1. The lowest BCUT2D eigenvalue weighted by atomic mass is 9.92. The zero-order valence-electron chi connectivity index (χ0n) is 24.7. The van der Waals surface area contributed by atoms with E-state index in [0.29, 0.717) is 12.2 Å². The summed E-state index contributed by atoms with van der Waals surface area (Å²) in [5, 5.41) is 8.36. The van der Waals surface area contributed by atoms with E-state index in [-0.39, 0.29) is 0 Å². The molecule has 0 aromatic heterocycles. The van der Waals surface area contributed by atoms with Crippen LogP contribution in [-0.2, 0) is 14.3 Å². The van der Waals surface area contributed by atoms with Crippen molar-refractivity contribution in [2.24, 2.45) is 0 Å². The molecular formula is C23H16F26O4. The Morgan fingerprint density at radius 3 is 1.06 bits per heavy atom. The lowest BCUT2D eigenvalue weighted by Crippen LogP contribution is -2.70. The van der Waals surface area contributed by atoms with Gasteiger partial charge in [-0.15, -0.1) is 0 Å². The van der Waals surface area contributed by atoms with E-state index in [1.165, 1.54) is 0 Å². The molecule has 0 radical (unpaired) electrons. The van der Waals surface area contributed by atoms with Crippen molar-refractivity contribution in [2.75, 3.05) is 6.61 Å². The number of carboxylic acids is 1. The van der Waals surface area contributed by atoms with Crippen LogP contribution in [0.5, 0.6) is 0 Å². The highest BCUT2D eigenvalue weighted by Gasteiger charge is 2.92. The fourth-order valence-corrected chi connectivity index (χ4v) is 2.81. The molecule has 0 heterocycles. The van der Waals surface area contributed by atoms with Crippen LogP contribution in [0.4, 0.5) is 114 Å². The lowest BCUT2D eigenvalue weighted by molar-refractivity contribution is -0.440. The van der Waals surface area contributed by atoms with Gasteiger partial charge in [0.2, 0.25) is 0 Å². The number of carboxylic acid groups (broad SMARTS) is 1. The molecule has 0 bridgehead atoms. The average Bonchev–Trinajstić information content (AvgIpc) is 2.94. The van der Waals surface area contributed by atoms with Crippen LogP contribution in [0.1, 0.15) is 26.2 Å². The number of rotatable bonds is 16. The summed E-state index contributed by atoms with van der Waals surface area (Å²) in [5.74, 6) is -77.5. The van der Waals surface area contributed by atoms with Gasteiger partial charge in [0.15, 0.2) is 0 Å². The van der Waals surface area contributed by atoms with E-state index in [1.807, 2.05) is 0 Å². The molecule has 53 heavy (non-hydrogen) atoms. The summed E-state index contributed by atoms with van der Waals surface area (Å²) in [5.41, 5.74) is -0.741. The topological polar surface area (TPSA) is 63.6 Å². The Morgan fingerprint density at radius 2 is 0.792 bits per heavy atom. The van der Waals surface area contributed by atoms with Crippen molar-refractivity contribution in [3.8, 4) is 0 Å². The fraction of sp³-hybridized carbons (Fsp3) is 0.739. The van der Waals surface area contributed by atoms with E-state index in [0.717, 1.165) is 6.92 Å². The SMILES string of the molecule is C=CC(=O)OCCC(F)(F)C(F)(F)C(F)(F)C(F)(F)C(F)(F)C(F)(F)F.CC(=CCCC(F)(F)C(F)(F)C(F)(F)C(F)(F)C(F)(F)C(F)(F)F)C(=O)O. The third kappa shape index (κ3) is 9.29. The highest BCUT2D eigenvalue weighted by Crippen LogP contribution is 2.62. The first kappa shape index (κ1) is 51.7. The molecule has 0 aliphatic carbocycles. The maximum absolute atomic E-state index is 13.3. The van der Waals surface area contributed by atoms with Crippen molar-refractivity contribution in [1.29, 1.82) is 0 Å². The van der Waals surface area contributed by atoms with Gasteiger partial charge >= 0.3 is 83.5 Å². The molecule has 0 spiro atoms. The van der Waals surface area contributed by atoms with Gasteiger partial charge in [-0.3, -0.25) is 0 Å². The number of carbonyl (C=O) groups excluding carboxylic acids is 1. The highest BCUT2D eigenvalue weighted by atomic mass is 19.4. The number of hydrogen-bond acceptors (Lipinski definition) is 3. The molecule has 0 fully saturated rings. The molecule has 4 nitrogen and oxygen atoms in total. The largest absolute Gasteiger partial charge is 0.478 e. The van der Waals surface area contributed by atoms with Gasteiger partial charge in [-0.25, -0.2) is 9.59 Å². The van der Waals surface area contributed by atoms with E-state index in [2.05, 4.69) is 11.3 Å². The quantitative estimate of drug-likeness (QED) is 0.0955. The Hall–Kier alpha value is -3.40. The Balaban J connectivity index is 0. The minimum absolute atomic E-state index is 0.299. The van der Waals surface area contributed by atoms with Crippen molar-refractivity contribution in [2.45, 2.75) is 97.8 Å². The number of halogens is 26. The summed E-state index contributed by atoms with van der Waals surface area (Å²) in [6, 6.07) is 0. The Labute approximate surface area is 275 Å². The minimum atomic E-state index is -7.94. The summed E-state index contributed by atoms with van der Waals surface area (Å²) in [7, 11) is 0. The van der Waals surface area contributed by atoms with Crippen LogP contribution in [0.15, 0.2) is 24.3 Å². The second-order valence-electron chi connectivity index (χ2n) is 9.85. The predicted octanol–water partition coefficient (Wildman–Crippen LogP) is 10.4. The maximum Gasteiger partial charge on any atom is 0.460 e. The van der Waals surface area contributed by atoms with Crippen molar-refractivity contribution in [1.82, 2.24) is 0 Å². The molecule has 0 saturated carbocycles. The van der Waals surface area contributed by atoms with Gasteiger partial charge in [0.1, 0.15) is 0 Å². The number of carbonyl (C=O) groups is 2. The van der Waals surface area contributed by atoms with Gasteiger partial charge < -0.3 is 9.84 Å². The van der Waals surface area contributed by atoms with Crippen molar-refractivity contribution in [3.05, 3.63) is 24.3 Å². The molecule has 0 amide bonds. The standard InChI is InChI=1S/C12H9F13O2.C11H7F13O2/c1-5(6(26)27)3-2-4-7(13,14)8(15,16)9(17,18)10(19,20)11(21,22)12(23,24)25;1-2-5(25)26-4-3-6(12,13)7(14,15)8(16,17)9(18,19)10(20,21)11(22,23)24/h3H,2,4H2,1H3,(H,26,27);2H,1,3-4H2. The number of esters is 1. The molecule has 0 unspecified atom stereocenters. The zero-order chi connectivity index (χ0) is 43.7. The number of allylic oxidation sites excluding steroid dienone is 1. The third-order valence-electron chi connectivity index (χ3n) is 6.07. The molecular weight excluding hydrogens is 834 g/mol. The van der Waals surface area contributed by atoms with Gasteiger partial charge in [0.25, 0.3) is 0 Å². The number of hydrogen-bond donors (Lipinski definition) is 1. The molecule has 314 valence electrons.